The van der Waals surface area contributed by atoms with Crippen LogP contribution in [0.5, 0.6) is 11.6 Å². The van der Waals surface area contributed by atoms with Gasteiger partial charge in [-0.1, -0.05) is 23.7 Å². The van der Waals surface area contributed by atoms with Gasteiger partial charge in [0, 0.05) is 18.8 Å². The maximum atomic E-state index is 13.0. The summed E-state index contributed by atoms with van der Waals surface area (Å²) in [5.74, 6) is 0.183. The van der Waals surface area contributed by atoms with Crippen LogP contribution in [0.4, 0.5) is 32.2 Å². The molecule has 2 aromatic heterocycles. The van der Waals surface area contributed by atoms with Crippen molar-refractivity contribution in [3.63, 3.8) is 0 Å². The molecule has 0 radical (unpaired) electrons. The number of aromatic nitrogens is 3. The van der Waals surface area contributed by atoms with E-state index in [0.717, 1.165) is 17.7 Å². The Bertz CT molecular complexity index is 1070. The second kappa shape index (κ2) is 9.19. The molecule has 32 heavy (non-hydrogen) atoms. The summed E-state index contributed by atoms with van der Waals surface area (Å²) in [6.07, 6.45) is -8.07. The molecule has 2 heterocycles. The first-order chi connectivity index (χ1) is 14.9. The van der Waals surface area contributed by atoms with E-state index in [4.69, 9.17) is 16.3 Å². The number of pyridine rings is 1. The highest BCUT2D eigenvalue weighted by molar-refractivity contribution is 6.33. The van der Waals surface area contributed by atoms with Gasteiger partial charge in [-0.15, -0.1) is 0 Å². The van der Waals surface area contributed by atoms with E-state index in [1.54, 1.807) is 24.3 Å². The van der Waals surface area contributed by atoms with Crippen LogP contribution in [-0.2, 0) is 18.8 Å². The molecule has 0 atom stereocenters. The molecule has 3 aromatic rings. The van der Waals surface area contributed by atoms with Crippen molar-refractivity contribution >= 4 is 17.4 Å². The predicted octanol–water partition coefficient (Wildman–Crippen LogP) is 6.32. The first kappa shape index (κ1) is 23.6. The van der Waals surface area contributed by atoms with E-state index in [1.165, 1.54) is 6.92 Å². The molecule has 12 heteroatoms. The first-order valence-electron chi connectivity index (χ1n) is 9.09. The third-order valence-electron chi connectivity index (χ3n) is 4.15. The molecule has 0 amide bonds. The predicted molar refractivity (Wildman–Crippen MR) is 105 cm³/mol. The zero-order valence-corrected chi connectivity index (χ0v) is 17.1. The molecule has 0 fully saturated rings. The molecular formula is C20H15ClF6N4O. The average Bonchev–Trinajstić information content (AvgIpc) is 2.70. The molecule has 0 spiro atoms. The summed E-state index contributed by atoms with van der Waals surface area (Å²) in [5.41, 5.74) is -1.26. The third kappa shape index (κ3) is 6.00. The number of halogens is 7. The fourth-order valence-electron chi connectivity index (χ4n) is 2.64. The van der Waals surface area contributed by atoms with E-state index in [2.05, 4.69) is 20.3 Å². The van der Waals surface area contributed by atoms with Crippen molar-refractivity contribution < 1.29 is 31.1 Å². The highest BCUT2D eigenvalue weighted by atomic mass is 35.5. The van der Waals surface area contributed by atoms with Crippen LogP contribution in [-0.4, -0.2) is 21.5 Å². The Labute approximate surface area is 183 Å². The summed E-state index contributed by atoms with van der Waals surface area (Å²) < 4.78 is 82.1. The lowest BCUT2D eigenvalue weighted by atomic mass is 10.1. The van der Waals surface area contributed by atoms with Gasteiger partial charge >= 0.3 is 12.4 Å². The number of benzene rings is 1. The zero-order valence-electron chi connectivity index (χ0n) is 16.4. The van der Waals surface area contributed by atoms with Gasteiger partial charge in [0.05, 0.1) is 5.56 Å². The SMILES string of the molecule is Cc1nc(NCCc2ccc(Oc3ccc(C(F)(F)F)cn3)cc2)c(Cl)c(C(F)(F)F)n1. The standard InChI is InChI=1S/C20H15ClF6N4O/c1-11-30-17(20(25,26)27)16(21)18(31-11)28-9-8-12-2-5-14(6-3-12)32-15-7-4-13(10-29-15)19(22,23)24/h2-7,10H,8-9H2,1H3,(H,28,30,31). The average molecular weight is 477 g/mol. The molecule has 1 aromatic carbocycles. The van der Waals surface area contributed by atoms with E-state index >= 15 is 0 Å². The Kier molecular flexibility index (Phi) is 6.77. The normalized spacial score (nSPS) is 12.0. The number of ether oxygens (including phenoxy) is 1. The van der Waals surface area contributed by atoms with Gasteiger partial charge in [-0.3, -0.25) is 0 Å². The van der Waals surface area contributed by atoms with Crippen molar-refractivity contribution in [2.75, 3.05) is 11.9 Å². The third-order valence-corrected chi connectivity index (χ3v) is 4.51. The molecule has 3 rings (SSSR count). The molecule has 0 aliphatic rings. The number of aryl methyl sites for hydroxylation is 1. The minimum Gasteiger partial charge on any atom is -0.439 e. The lowest BCUT2D eigenvalue weighted by Crippen LogP contribution is -2.15. The molecule has 0 bridgehead atoms. The maximum absolute atomic E-state index is 13.0. The highest BCUT2D eigenvalue weighted by Crippen LogP contribution is 2.36. The van der Waals surface area contributed by atoms with Gasteiger partial charge in [-0.2, -0.15) is 26.3 Å². The fourth-order valence-corrected chi connectivity index (χ4v) is 2.90. The maximum Gasteiger partial charge on any atom is 0.435 e. The van der Waals surface area contributed by atoms with E-state index in [0.29, 0.717) is 18.4 Å². The lowest BCUT2D eigenvalue weighted by Gasteiger charge is -2.13. The summed E-state index contributed by atoms with van der Waals surface area (Å²) >= 11 is 5.79. The Morgan fingerprint density at radius 3 is 2.19 bits per heavy atom. The Morgan fingerprint density at radius 1 is 0.938 bits per heavy atom. The number of hydrogen-bond donors (Lipinski definition) is 1. The Balaban J connectivity index is 1.58. The van der Waals surface area contributed by atoms with E-state index in [-0.39, 0.29) is 24.1 Å². The lowest BCUT2D eigenvalue weighted by molar-refractivity contribution is -0.141. The molecule has 0 saturated carbocycles. The van der Waals surface area contributed by atoms with Crippen LogP contribution in [0.2, 0.25) is 5.02 Å². The van der Waals surface area contributed by atoms with Gasteiger partial charge in [0.25, 0.3) is 0 Å². The molecule has 0 aliphatic heterocycles. The summed E-state index contributed by atoms with van der Waals surface area (Å²) in [5, 5.41) is 2.17. The minimum absolute atomic E-state index is 0.00154. The van der Waals surface area contributed by atoms with Crippen LogP contribution in [0.25, 0.3) is 0 Å². The smallest absolute Gasteiger partial charge is 0.435 e. The van der Waals surface area contributed by atoms with Crippen molar-refractivity contribution in [2.24, 2.45) is 0 Å². The summed E-state index contributed by atoms with van der Waals surface area (Å²) in [6.45, 7) is 1.58. The molecule has 170 valence electrons. The molecule has 0 saturated heterocycles. The van der Waals surface area contributed by atoms with Gasteiger partial charge in [0.15, 0.2) is 5.69 Å². The topological polar surface area (TPSA) is 59.9 Å². The Hall–Kier alpha value is -3.08. The van der Waals surface area contributed by atoms with Gasteiger partial charge in [-0.05, 0) is 37.1 Å². The van der Waals surface area contributed by atoms with Crippen molar-refractivity contribution in [2.45, 2.75) is 25.7 Å². The van der Waals surface area contributed by atoms with E-state index in [1.807, 2.05) is 0 Å². The monoisotopic (exact) mass is 476 g/mol. The van der Waals surface area contributed by atoms with Gasteiger partial charge < -0.3 is 10.1 Å². The van der Waals surface area contributed by atoms with Crippen LogP contribution in [0.1, 0.15) is 22.6 Å². The number of hydrogen-bond acceptors (Lipinski definition) is 5. The van der Waals surface area contributed by atoms with Crippen LogP contribution < -0.4 is 10.1 Å². The van der Waals surface area contributed by atoms with E-state index < -0.39 is 28.6 Å². The minimum atomic E-state index is -4.70. The summed E-state index contributed by atoms with van der Waals surface area (Å²) in [4.78, 5) is 10.9. The van der Waals surface area contributed by atoms with Crippen LogP contribution in [0.15, 0.2) is 42.6 Å². The van der Waals surface area contributed by atoms with Crippen molar-refractivity contribution in [3.05, 3.63) is 70.3 Å². The largest absolute Gasteiger partial charge is 0.439 e. The molecule has 0 aliphatic carbocycles. The van der Waals surface area contributed by atoms with Gasteiger partial charge in [0.1, 0.15) is 22.4 Å². The van der Waals surface area contributed by atoms with Gasteiger partial charge in [0.2, 0.25) is 5.88 Å². The molecule has 1 N–H and O–H groups in total. The highest BCUT2D eigenvalue weighted by Gasteiger charge is 2.37. The number of alkyl halides is 6. The number of rotatable bonds is 6. The van der Waals surface area contributed by atoms with Crippen molar-refractivity contribution in [3.8, 4) is 11.6 Å². The summed E-state index contributed by atoms with van der Waals surface area (Å²) in [7, 11) is 0. The van der Waals surface area contributed by atoms with Gasteiger partial charge in [-0.25, -0.2) is 15.0 Å². The Morgan fingerprint density at radius 2 is 1.62 bits per heavy atom. The zero-order chi connectivity index (χ0) is 23.5. The first-order valence-corrected chi connectivity index (χ1v) is 9.46. The molecular weight excluding hydrogens is 462 g/mol. The van der Waals surface area contributed by atoms with Crippen molar-refractivity contribution in [1.82, 2.24) is 15.0 Å². The number of nitrogens with one attached hydrogen (secondary N) is 1. The van der Waals surface area contributed by atoms with Crippen LogP contribution >= 0.6 is 11.6 Å². The van der Waals surface area contributed by atoms with Crippen LogP contribution in [0.3, 0.4) is 0 Å². The second-order valence-corrected chi connectivity index (χ2v) is 6.96. The number of anilines is 1. The van der Waals surface area contributed by atoms with E-state index in [9.17, 15) is 26.3 Å². The number of nitrogens with zero attached hydrogens (tertiary/aromatic N) is 3. The van der Waals surface area contributed by atoms with Crippen LogP contribution in [0, 0.1) is 6.92 Å². The molecule has 0 unspecified atom stereocenters. The quantitative estimate of drug-likeness (QED) is 0.422. The molecule has 5 nitrogen and oxygen atoms in total. The van der Waals surface area contributed by atoms with Crippen molar-refractivity contribution in [1.29, 1.82) is 0 Å². The second-order valence-electron chi connectivity index (χ2n) is 6.59. The summed E-state index contributed by atoms with van der Waals surface area (Å²) in [6, 6.07) is 8.58. The fraction of sp³-hybridized carbons (Fsp3) is 0.250.